The number of hydrogen-bond donors (Lipinski definition) is 0. The molecular formula is C22H20F3N3O. The smallest absolute Gasteiger partial charge is 0.416 e. The summed E-state index contributed by atoms with van der Waals surface area (Å²) in [5.41, 5.74) is 1.79. The fourth-order valence-corrected chi connectivity index (χ4v) is 3.33. The number of alkyl halides is 3. The fourth-order valence-electron chi connectivity index (χ4n) is 3.33. The van der Waals surface area contributed by atoms with E-state index in [0.717, 1.165) is 34.3 Å². The van der Waals surface area contributed by atoms with Crippen LogP contribution in [0.4, 0.5) is 13.2 Å². The monoisotopic (exact) mass is 399 g/mol. The summed E-state index contributed by atoms with van der Waals surface area (Å²) in [4.78, 5) is 0. The van der Waals surface area contributed by atoms with Gasteiger partial charge in [-0.15, -0.1) is 10.2 Å². The maximum absolute atomic E-state index is 12.9. The molecule has 4 rings (SSSR count). The van der Waals surface area contributed by atoms with Crippen LogP contribution in [0.3, 0.4) is 0 Å². The maximum Gasteiger partial charge on any atom is 0.416 e. The Kier molecular flexibility index (Phi) is 4.90. The molecule has 2 aromatic heterocycles. The predicted molar refractivity (Wildman–Crippen MR) is 104 cm³/mol. The van der Waals surface area contributed by atoms with Crippen LogP contribution in [-0.4, -0.2) is 14.8 Å². The predicted octanol–water partition coefficient (Wildman–Crippen LogP) is 5.96. The molecule has 29 heavy (non-hydrogen) atoms. The molecule has 0 spiro atoms. The van der Waals surface area contributed by atoms with Crippen LogP contribution in [-0.2, 0) is 19.1 Å². The number of benzene rings is 2. The van der Waals surface area contributed by atoms with Crippen LogP contribution in [0.1, 0.15) is 30.9 Å². The molecular weight excluding hydrogens is 379 g/mol. The van der Waals surface area contributed by atoms with Gasteiger partial charge in [-0.25, -0.2) is 0 Å². The zero-order chi connectivity index (χ0) is 20.6. The van der Waals surface area contributed by atoms with E-state index in [1.54, 1.807) is 0 Å². The summed E-state index contributed by atoms with van der Waals surface area (Å²) in [5, 5.41) is 9.33. The van der Waals surface area contributed by atoms with Crippen LogP contribution in [0.5, 0.6) is 0 Å². The average Bonchev–Trinajstić information content (AvgIpc) is 3.26. The number of aromatic nitrogens is 3. The fraction of sp³-hybridized carbons (Fsp3) is 0.273. The summed E-state index contributed by atoms with van der Waals surface area (Å²) in [5.74, 6) is 1.37. The number of para-hydroxylation sites is 1. The van der Waals surface area contributed by atoms with Gasteiger partial charge in [0.1, 0.15) is 5.69 Å². The molecule has 0 radical (unpaired) electrons. The summed E-state index contributed by atoms with van der Waals surface area (Å²) in [6.07, 6.45) is -3.66. The number of halogens is 3. The molecule has 4 nitrogen and oxygen atoms in total. The lowest BCUT2D eigenvalue weighted by Crippen LogP contribution is -2.06. The normalized spacial score (nSPS) is 12.2. The van der Waals surface area contributed by atoms with Crippen LogP contribution in [0.2, 0.25) is 0 Å². The molecule has 0 fully saturated rings. The zero-order valence-electron chi connectivity index (χ0n) is 16.1. The van der Waals surface area contributed by atoms with Crippen molar-refractivity contribution >= 4 is 10.9 Å². The maximum atomic E-state index is 12.9. The first-order valence-corrected chi connectivity index (χ1v) is 9.38. The van der Waals surface area contributed by atoms with Crippen molar-refractivity contribution in [3.05, 3.63) is 71.6 Å². The van der Waals surface area contributed by atoms with Crippen LogP contribution < -0.4 is 0 Å². The van der Waals surface area contributed by atoms with Gasteiger partial charge in [-0.05, 0) is 35.7 Å². The quantitative estimate of drug-likeness (QED) is 0.416. The Morgan fingerprint density at radius 2 is 1.72 bits per heavy atom. The number of hydrogen-bond acceptors (Lipinski definition) is 3. The third kappa shape index (κ3) is 4.04. The second-order valence-electron chi connectivity index (χ2n) is 7.47. The van der Waals surface area contributed by atoms with Crippen molar-refractivity contribution in [2.45, 2.75) is 33.0 Å². The van der Waals surface area contributed by atoms with Crippen molar-refractivity contribution in [2.24, 2.45) is 5.92 Å². The van der Waals surface area contributed by atoms with E-state index < -0.39 is 11.7 Å². The zero-order valence-corrected chi connectivity index (χ0v) is 16.1. The van der Waals surface area contributed by atoms with Crippen molar-refractivity contribution < 1.29 is 17.6 Å². The first-order valence-electron chi connectivity index (χ1n) is 9.38. The second kappa shape index (κ2) is 7.39. The highest BCUT2D eigenvalue weighted by Crippen LogP contribution is 2.31. The average molecular weight is 399 g/mol. The summed E-state index contributed by atoms with van der Waals surface area (Å²) in [6, 6.07) is 15.0. The van der Waals surface area contributed by atoms with Crippen molar-refractivity contribution in [2.75, 3.05) is 0 Å². The Hall–Kier alpha value is -3.09. The minimum atomic E-state index is -4.35. The largest absolute Gasteiger partial charge is 0.419 e. The molecule has 0 bridgehead atoms. The minimum Gasteiger partial charge on any atom is -0.419 e. The van der Waals surface area contributed by atoms with E-state index in [1.165, 1.54) is 12.1 Å². The highest BCUT2D eigenvalue weighted by Gasteiger charge is 2.30. The molecule has 2 heterocycles. The lowest BCUT2D eigenvalue weighted by molar-refractivity contribution is -0.137. The molecule has 0 aliphatic carbocycles. The van der Waals surface area contributed by atoms with Crippen molar-refractivity contribution in [3.63, 3.8) is 0 Å². The van der Waals surface area contributed by atoms with Crippen molar-refractivity contribution in [1.29, 1.82) is 0 Å². The lowest BCUT2D eigenvalue weighted by Gasteiger charge is -2.11. The molecule has 7 heteroatoms. The standard InChI is InChI=1S/C22H20F3N3O/c1-14(2)11-20-26-27-21(29-20)19-12-16-5-3-4-6-18(16)28(19)13-15-7-9-17(10-8-15)22(23,24)25/h3-10,12,14H,11,13H2,1-2H3. The molecule has 0 atom stereocenters. The van der Waals surface area contributed by atoms with Crippen LogP contribution in [0.15, 0.2) is 59.0 Å². The topological polar surface area (TPSA) is 43.9 Å². The van der Waals surface area contributed by atoms with Gasteiger partial charge in [0.05, 0.1) is 5.56 Å². The van der Waals surface area contributed by atoms with E-state index in [2.05, 4.69) is 24.0 Å². The number of fused-ring (bicyclic) bond motifs is 1. The molecule has 0 saturated carbocycles. The van der Waals surface area contributed by atoms with Gasteiger partial charge < -0.3 is 8.98 Å². The molecule has 2 aromatic carbocycles. The molecule has 0 unspecified atom stereocenters. The highest BCUT2D eigenvalue weighted by molar-refractivity contribution is 5.85. The summed E-state index contributed by atoms with van der Waals surface area (Å²) < 4.78 is 46.4. The Bertz CT molecular complexity index is 1120. The molecule has 150 valence electrons. The third-order valence-electron chi connectivity index (χ3n) is 4.70. The Morgan fingerprint density at radius 3 is 2.41 bits per heavy atom. The number of rotatable bonds is 5. The van der Waals surface area contributed by atoms with Gasteiger partial charge in [0.25, 0.3) is 5.89 Å². The molecule has 0 aliphatic heterocycles. The van der Waals surface area contributed by atoms with E-state index in [9.17, 15) is 13.2 Å². The summed E-state index contributed by atoms with van der Waals surface area (Å²) in [6.45, 7) is 4.54. The highest BCUT2D eigenvalue weighted by atomic mass is 19.4. The third-order valence-corrected chi connectivity index (χ3v) is 4.70. The molecule has 0 aliphatic rings. The molecule has 0 N–H and O–H groups in total. The van der Waals surface area contributed by atoms with E-state index in [4.69, 9.17) is 4.42 Å². The van der Waals surface area contributed by atoms with Crippen LogP contribution in [0, 0.1) is 5.92 Å². The van der Waals surface area contributed by atoms with Crippen molar-refractivity contribution in [1.82, 2.24) is 14.8 Å². The van der Waals surface area contributed by atoms with Gasteiger partial charge in [0.2, 0.25) is 5.89 Å². The van der Waals surface area contributed by atoms with Gasteiger partial charge in [0, 0.05) is 23.9 Å². The van der Waals surface area contributed by atoms with E-state index in [-0.39, 0.29) is 0 Å². The molecule has 0 saturated heterocycles. The molecule has 4 aromatic rings. The Labute approximate surface area is 166 Å². The van der Waals surface area contributed by atoms with Crippen molar-refractivity contribution in [3.8, 4) is 11.6 Å². The minimum absolute atomic E-state index is 0.390. The van der Waals surface area contributed by atoms with Gasteiger partial charge >= 0.3 is 6.18 Å². The molecule has 0 amide bonds. The van der Waals surface area contributed by atoms with Crippen LogP contribution >= 0.6 is 0 Å². The Morgan fingerprint density at radius 1 is 1.00 bits per heavy atom. The summed E-state index contributed by atoms with van der Waals surface area (Å²) >= 11 is 0. The second-order valence-corrected chi connectivity index (χ2v) is 7.47. The van der Waals surface area contributed by atoms with E-state index in [0.29, 0.717) is 30.7 Å². The summed E-state index contributed by atoms with van der Waals surface area (Å²) in [7, 11) is 0. The lowest BCUT2D eigenvalue weighted by atomic mass is 10.1. The Balaban J connectivity index is 1.73. The van der Waals surface area contributed by atoms with E-state index in [1.807, 2.05) is 34.9 Å². The van der Waals surface area contributed by atoms with Gasteiger partial charge in [-0.2, -0.15) is 13.2 Å². The van der Waals surface area contributed by atoms with Crippen LogP contribution in [0.25, 0.3) is 22.5 Å². The number of nitrogens with zero attached hydrogens (tertiary/aromatic N) is 3. The van der Waals surface area contributed by atoms with Gasteiger partial charge in [0.15, 0.2) is 0 Å². The van der Waals surface area contributed by atoms with E-state index >= 15 is 0 Å². The SMILES string of the molecule is CC(C)Cc1nnc(-c2cc3ccccc3n2Cc2ccc(C(F)(F)F)cc2)o1. The van der Waals surface area contributed by atoms with Gasteiger partial charge in [-0.1, -0.05) is 44.2 Å². The van der Waals surface area contributed by atoms with Gasteiger partial charge in [-0.3, -0.25) is 0 Å². The first-order chi connectivity index (χ1) is 13.8. The first kappa shape index (κ1) is 19.2.